The fourth-order valence-corrected chi connectivity index (χ4v) is 2.97. The lowest BCUT2D eigenvalue weighted by molar-refractivity contribution is 0.589. The van der Waals surface area contributed by atoms with E-state index >= 15 is 0 Å². The van der Waals surface area contributed by atoms with Crippen molar-refractivity contribution in [3.8, 4) is 0 Å². The zero-order chi connectivity index (χ0) is 14.3. The van der Waals surface area contributed by atoms with E-state index in [1.165, 1.54) is 27.9 Å². The average Bonchev–Trinajstić information content (AvgIpc) is 2.83. The molecule has 0 fully saturated rings. The van der Waals surface area contributed by atoms with Crippen LogP contribution < -0.4 is 5.32 Å². The van der Waals surface area contributed by atoms with Crippen molar-refractivity contribution in [2.75, 3.05) is 5.32 Å². The number of aryl methyl sites for hydroxylation is 1. The maximum Gasteiger partial charge on any atom is 0.0555 e. The summed E-state index contributed by atoms with van der Waals surface area (Å²) in [4.78, 5) is 0. The van der Waals surface area contributed by atoms with Crippen LogP contribution in [0, 0.1) is 6.92 Å². The topological polar surface area (TPSA) is 12.0 Å². The Morgan fingerprint density at radius 3 is 2.30 bits per heavy atom. The molecule has 2 aromatic carbocycles. The number of para-hydroxylation sites is 1. The van der Waals surface area contributed by atoms with E-state index in [9.17, 15) is 0 Å². The Morgan fingerprint density at radius 2 is 1.70 bits per heavy atom. The first-order chi connectivity index (χ1) is 9.45. The first-order valence-electron chi connectivity index (χ1n) is 7.40. The number of benzene rings is 2. The van der Waals surface area contributed by atoms with Gasteiger partial charge in [0, 0.05) is 5.69 Å². The van der Waals surface area contributed by atoms with Crippen LogP contribution in [0.25, 0.3) is 0 Å². The van der Waals surface area contributed by atoms with E-state index in [0.29, 0.717) is 6.04 Å². The number of hydrogen-bond donors (Lipinski definition) is 1. The minimum absolute atomic E-state index is 0.223. The van der Waals surface area contributed by atoms with Crippen LogP contribution in [0.2, 0.25) is 0 Å². The van der Waals surface area contributed by atoms with Crippen molar-refractivity contribution in [2.45, 2.75) is 45.6 Å². The summed E-state index contributed by atoms with van der Waals surface area (Å²) in [6.07, 6.45) is 1.09. The molecule has 1 aliphatic rings. The highest BCUT2D eigenvalue weighted by Gasteiger charge is 2.23. The minimum atomic E-state index is 0.223. The Labute approximate surface area is 122 Å². The third kappa shape index (κ3) is 2.33. The van der Waals surface area contributed by atoms with Gasteiger partial charge in [-0.25, -0.2) is 0 Å². The minimum Gasteiger partial charge on any atom is -0.377 e. The molecule has 0 amide bonds. The van der Waals surface area contributed by atoms with Crippen molar-refractivity contribution in [1.82, 2.24) is 0 Å². The van der Waals surface area contributed by atoms with Crippen molar-refractivity contribution in [3.63, 3.8) is 0 Å². The van der Waals surface area contributed by atoms with Crippen LogP contribution >= 0.6 is 0 Å². The second-order valence-electron chi connectivity index (χ2n) is 6.88. The lowest BCUT2D eigenvalue weighted by Crippen LogP contribution is -2.12. The molecule has 0 saturated carbocycles. The monoisotopic (exact) mass is 265 g/mol. The van der Waals surface area contributed by atoms with Gasteiger partial charge >= 0.3 is 0 Å². The predicted molar refractivity (Wildman–Crippen MR) is 86.4 cm³/mol. The first-order valence-corrected chi connectivity index (χ1v) is 7.40. The Bertz CT molecular complexity index is 617. The highest BCUT2D eigenvalue weighted by molar-refractivity contribution is 5.62. The number of anilines is 1. The van der Waals surface area contributed by atoms with Gasteiger partial charge in [0.1, 0.15) is 0 Å². The van der Waals surface area contributed by atoms with Gasteiger partial charge in [-0.1, -0.05) is 63.2 Å². The molecule has 20 heavy (non-hydrogen) atoms. The van der Waals surface area contributed by atoms with Crippen molar-refractivity contribution < 1.29 is 0 Å². The Balaban J connectivity index is 1.85. The summed E-state index contributed by atoms with van der Waals surface area (Å²) in [6, 6.07) is 16.1. The molecule has 0 bridgehead atoms. The van der Waals surface area contributed by atoms with Gasteiger partial charge in [-0.05, 0) is 41.0 Å². The quantitative estimate of drug-likeness (QED) is 0.765. The van der Waals surface area contributed by atoms with E-state index in [4.69, 9.17) is 0 Å². The number of fused-ring (bicyclic) bond motifs is 1. The number of nitrogens with one attached hydrogen (secondary N) is 1. The highest BCUT2D eigenvalue weighted by Crippen LogP contribution is 2.36. The van der Waals surface area contributed by atoms with Crippen molar-refractivity contribution in [1.29, 1.82) is 0 Å². The molecular formula is C19H23N. The molecule has 1 aliphatic heterocycles. The molecule has 1 heterocycles. The Kier molecular flexibility index (Phi) is 3.08. The molecule has 1 nitrogen and oxygen atoms in total. The summed E-state index contributed by atoms with van der Waals surface area (Å²) in [6.45, 7) is 8.95. The smallest absolute Gasteiger partial charge is 0.0555 e. The largest absolute Gasteiger partial charge is 0.377 e. The van der Waals surface area contributed by atoms with Gasteiger partial charge in [0.15, 0.2) is 0 Å². The van der Waals surface area contributed by atoms with E-state index in [1.54, 1.807) is 0 Å². The fourth-order valence-electron chi connectivity index (χ4n) is 2.97. The van der Waals surface area contributed by atoms with Crippen LogP contribution in [-0.2, 0) is 11.8 Å². The van der Waals surface area contributed by atoms with Crippen LogP contribution in [0.3, 0.4) is 0 Å². The molecule has 0 aromatic heterocycles. The van der Waals surface area contributed by atoms with Crippen molar-refractivity contribution >= 4 is 5.69 Å². The summed E-state index contributed by atoms with van der Waals surface area (Å²) in [5.41, 5.74) is 7.12. The molecule has 1 heteroatoms. The molecule has 3 rings (SSSR count). The van der Waals surface area contributed by atoms with E-state index in [-0.39, 0.29) is 5.41 Å². The van der Waals surface area contributed by atoms with E-state index in [1.807, 2.05) is 0 Å². The molecule has 1 atom stereocenters. The van der Waals surface area contributed by atoms with E-state index in [0.717, 1.165) is 6.42 Å². The van der Waals surface area contributed by atoms with Gasteiger partial charge in [0.05, 0.1) is 6.04 Å². The Hall–Kier alpha value is -1.76. The highest BCUT2D eigenvalue weighted by atomic mass is 15.0. The van der Waals surface area contributed by atoms with Gasteiger partial charge in [-0.15, -0.1) is 0 Å². The second kappa shape index (κ2) is 4.66. The molecule has 0 spiro atoms. The lowest BCUT2D eigenvalue weighted by Gasteiger charge is -2.20. The average molecular weight is 265 g/mol. The molecule has 0 radical (unpaired) electrons. The maximum absolute atomic E-state index is 3.68. The summed E-state index contributed by atoms with van der Waals surface area (Å²) in [5, 5.41) is 3.68. The maximum atomic E-state index is 3.68. The number of hydrogen-bond acceptors (Lipinski definition) is 1. The van der Waals surface area contributed by atoms with Crippen LogP contribution in [0.1, 0.15) is 49.1 Å². The number of rotatable bonds is 1. The molecule has 0 aliphatic carbocycles. The van der Waals surface area contributed by atoms with E-state index in [2.05, 4.69) is 75.5 Å². The third-order valence-electron chi connectivity index (χ3n) is 4.28. The molecule has 0 saturated heterocycles. The van der Waals surface area contributed by atoms with Crippen LogP contribution in [-0.4, -0.2) is 0 Å². The molecule has 104 valence electrons. The Morgan fingerprint density at radius 1 is 1.00 bits per heavy atom. The molecular weight excluding hydrogens is 242 g/mol. The van der Waals surface area contributed by atoms with Gasteiger partial charge in [0.2, 0.25) is 0 Å². The zero-order valence-electron chi connectivity index (χ0n) is 12.8. The second-order valence-corrected chi connectivity index (χ2v) is 6.88. The molecule has 1 unspecified atom stereocenters. The van der Waals surface area contributed by atoms with Crippen LogP contribution in [0.5, 0.6) is 0 Å². The lowest BCUT2D eigenvalue weighted by atomic mass is 9.86. The van der Waals surface area contributed by atoms with Crippen molar-refractivity contribution in [2.24, 2.45) is 0 Å². The van der Waals surface area contributed by atoms with Crippen molar-refractivity contribution in [3.05, 3.63) is 64.7 Å². The standard InChI is InChI=1S/C19H23N/c1-13-6-5-7-15-12-17(20-18(13)15)14-8-10-16(11-9-14)19(2,3)4/h5-11,17,20H,12H2,1-4H3. The summed E-state index contributed by atoms with van der Waals surface area (Å²) in [7, 11) is 0. The molecule has 2 aromatic rings. The van der Waals surface area contributed by atoms with Gasteiger partial charge in [-0.2, -0.15) is 0 Å². The summed E-state index contributed by atoms with van der Waals surface area (Å²) in [5.74, 6) is 0. The van der Waals surface area contributed by atoms with Crippen LogP contribution in [0.4, 0.5) is 5.69 Å². The SMILES string of the molecule is Cc1cccc2c1NC(c1ccc(C(C)(C)C)cc1)C2. The first kappa shape index (κ1) is 13.2. The summed E-state index contributed by atoms with van der Waals surface area (Å²) < 4.78 is 0. The van der Waals surface area contributed by atoms with E-state index < -0.39 is 0 Å². The summed E-state index contributed by atoms with van der Waals surface area (Å²) >= 11 is 0. The van der Waals surface area contributed by atoms with Gasteiger partial charge < -0.3 is 5.32 Å². The van der Waals surface area contributed by atoms with Crippen LogP contribution in [0.15, 0.2) is 42.5 Å². The third-order valence-corrected chi connectivity index (χ3v) is 4.28. The van der Waals surface area contributed by atoms with Gasteiger partial charge in [0.25, 0.3) is 0 Å². The molecule has 1 N–H and O–H groups in total. The predicted octanol–water partition coefficient (Wildman–Crippen LogP) is 5.00. The zero-order valence-corrected chi connectivity index (χ0v) is 12.8. The fraction of sp³-hybridized carbons (Fsp3) is 0.368. The van der Waals surface area contributed by atoms with Gasteiger partial charge in [-0.3, -0.25) is 0 Å². The normalized spacial score (nSPS) is 17.7.